The van der Waals surface area contributed by atoms with Crippen molar-refractivity contribution in [3.8, 4) is 0 Å². The molecule has 0 heterocycles. The van der Waals surface area contributed by atoms with Gasteiger partial charge in [-0.05, 0) is 51.0 Å². The predicted octanol–water partition coefficient (Wildman–Crippen LogP) is 2.68. The molecule has 5 nitrogen and oxygen atoms in total. The lowest BCUT2D eigenvalue weighted by molar-refractivity contribution is -0.120. The first-order valence-corrected chi connectivity index (χ1v) is 7.41. The smallest absolute Gasteiger partial charge is 0.408 e. The van der Waals surface area contributed by atoms with Gasteiger partial charge >= 0.3 is 6.09 Å². The highest BCUT2D eigenvalue weighted by Gasteiger charge is 2.23. The highest BCUT2D eigenvalue weighted by Crippen LogP contribution is 2.17. The zero-order valence-electron chi connectivity index (χ0n) is 12.7. The van der Waals surface area contributed by atoms with E-state index in [1.807, 2.05) is 25.1 Å². The van der Waals surface area contributed by atoms with Crippen LogP contribution in [-0.2, 0) is 16.0 Å². The molecule has 0 aliphatic rings. The number of carbonyl (C=O) groups excluding carboxylic acids is 2. The van der Waals surface area contributed by atoms with E-state index in [2.05, 4.69) is 21.2 Å². The summed E-state index contributed by atoms with van der Waals surface area (Å²) in [5.41, 5.74) is 6.69. The van der Waals surface area contributed by atoms with Crippen molar-refractivity contribution in [1.29, 1.82) is 0 Å². The van der Waals surface area contributed by atoms with Crippen molar-refractivity contribution in [2.24, 2.45) is 5.73 Å². The van der Waals surface area contributed by atoms with E-state index in [4.69, 9.17) is 10.5 Å². The van der Waals surface area contributed by atoms with Gasteiger partial charge in [0.15, 0.2) is 0 Å². The normalized spacial score (nSPS) is 12.6. The third-order valence-electron chi connectivity index (χ3n) is 2.76. The van der Waals surface area contributed by atoms with Gasteiger partial charge in [0, 0.05) is 10.9 Å². The molecule has 0 saturated heterocycles. The number of halogens is 1. The second-order valence-corrected chi connectivity index (χ2v) is 6.79. The molecule has 1 rings (SSSR count). The Labute approximate surface area is 133 Å². The predicted molar refractivity (Wildman–Crippen MR) is 84.9 cm³/mol. The summed E-state index contributed by atoms with van der Waals surface area (Å²) in [5, 5.41) is 2.52. The van der Waals surface area contributed by atoms with Crippen LogP contribution in [0, 0.1) is 6.92 Å². The molecular weight excluding hydrogens is 336 g/mol. The average molecular weight is 357 g/mol. The maximum atomic E-state index is 11.8. The number of carbonyl (C=O) groups is 2. The van der Waals surface area contributed by atoms with Crippen LogP contribution in [0.2, 0.25) is 0 Å². The molecule has 0 radical (unpaired) electrons. The molecule has 0 bridgehead atoms. The van der Waals surface area contributed by atoms with Gasteiger partial charge in [0.1, 0.15) is 11.6 Å². The number of primary amides is 1. The molecule has 0 aliphatic carbocycles. The maximum absolute atomic E-state index is 11.8. The van der Waals surface area contributed by atoms with E-state index in [0.717, 1.165) is 15.6 Å². The number of rotatable bonds is 4. The zero-order chi connectivity index (χ0) is 16.2. The van der Waals surface area contributed by atoms with Gasteiger partial charge in [-0.15, -0.1) is 0 Å². The van der Waals surface area contributed by atoms with Crippen molar-refractivity contribution in [1.82, 2.24) is 5.32 Å². The molecule has 0 saturated carbocycles. The SMILES string of the molecule is Cc1cc(Br)ccc1C[C@H](NC(=O)OC(C)(C)C)C(N)=O. The van der Waals surface area contributed by atoms with Crippen molar-refractivity contribution in [2.45, 2.75) is 45.8 Å². The number of alkyl carbamates (subject to hydrolysis) is 1. The van der Waals surface area contributed by atoms with Crippen LogP contribution >= 0.6 is 15.9 Å². The summed E-state index contributed by atoms with van der Waals surface area (Å²) in [5.74, 6) is -0.594. The molecule has 1 aromatic rings. The molecule has 0 spiro atoms. The van der Waals surface area contributed by atoms with Crippen LogP contribution in [0.3, 0.4) is 0 Å². The number of aryl methyl sites for hydroxylation is 1. The summed E-state index contributed by atoms with van der Waals surface area (Å²) in [6.07, 6.45) is -0.325. The van der Waals surface area contributed by atoms with Crippen LogP contribution in [0.15, 0.2) is 22.7 Å². The lowest BCUT2D eigenvalue weighted by Crippen LogP contribution is -2.47. The minimum atomic E-state index is -0.806. The van der Waals surface area contributed by atoms with Crippen LogP contribution in [0.1, 0.15) is 31.9 Å². The largest absolute Gasteiger partial charge is 0.444 e. The number of amides is 2. The molecule has 21 heavy (non-hydrogen) atoms. The molecule has 0 unspecified atom stereocenters. The fourth-order valence-corrected chi connectivity index (χ4v) is 2.26. The van der Waals surface area contributed by atoms with E-state index in [-0.39, 0.29) is 0 Å². The number of nitrogens with two attached hydrogens (primary N) is 1. The molecular formula is C15H21BrN2O3. The quantitative estimate of drug-likeness (QED) is 0.869. The number of hydrogen-bond acceptors (Lipinski definition) is 3. The second-order valence-electron chi connectivity index (χ2n) is 5.88. The van der Waals surface area contributed by atoms with E-state index in [9.17, 15) is 9.59 Å². The molecule has 0 aromatic heterocycles. The zero-order valence-corrected chi connectivity index (χ0v) is 14.3. The Morgan fingerprint density at radius 1 is 1.38 bits per heavy atom. The third-order valence-corrected chi connectivity index (χ3v) is 3.26. The minimum Gasteiger partial charge on any atom is -0.444 e. The van der Waals surface area contributed by atoms with Gasteiger partial charge in [0.25, 0.3) is 0 Å². The Morgan fingerprint density at radius 3 is 2.48 bits per heavy atom. The van der Waals surface area contributed by atoms with Crippen molar-refractivity contribution < 1.29 is 14.3 Å². The fourth-order valence-electron chi connectivity index (χ4n) is 1.78. The second kappa shape index (κ2) is 6.93. The number of hydrogen-bond donors (Lipinski definition) is 2. The van der Waals surface area contributed by atoms with Gasteiger partial charge in [0.05, 0.1) is 0 Å². The fraction of sp³-hybridized carbons (Fsp3) is 0.467. The van der Waals surface area contributed by atoms with Gasteiger partial charge in [-0.1, -0.05) is 22.0 Å². The molecule has 3 N–H and O–H groups in total. The number of nitrogens with one attached hydrogen (secondary N) is 1. The molecule has 0 aliphatic heterocycles. The van der Waals surface area contributed by atoms with Crippen molar-refractivity contribution in [3.63, 3.8) is 0 Å². The first-order valence-electron chi connectivity index (χ1n) is 6.62. The van der Waals surface area contributed by atoms with Crippen molar-refractivity contribution >= 4 is 27.9 Å². The lowest BCUT2D eigenvalue weighted by atomic mass is 10.0. The molecule has 6 heteroatoms. The topological polar surface area (TPSA) is 81.4 Å². The summed E-state index contributed by atoms with van der Waals surface area (Å²) in [4.78, 5) is 23.3. The Morgan fingerprint density at radius 2 is 2.00 bits per heavy atom. The van der Waals surface area contributed by atoms with Gasteiger partial charge in [0.2, 0.25) is 5.91 Å². The molecule has 116 valence electrons. The summed E-state index contributed by atoms with van der Waals surface area (Å²) >= 11 is 3.38. The Kier molecular flexibility index (Phi) is 5.78. The van der Waals surface area contributed by atoms with E-state index < -0.39 is 23.6 Å². The first-order chi connectivity index (χ1) is 9.58. The Balaban J connectivity index is 2.79. The maximum Gasteiger partial charge on any atom is 0.408 e. The summed E-state index contributed by atoms with van der Waals surface area (Å²) in [7, 11) is 0. The highest BCUT2D eigenvalue weighted by molar-refractivity contribution is 9.10. The van der Waals surface area contributed by atoms with Crippen molar-refractivity contribution in [2.75, 3.05) is 0 Å². The minimum absolute atomic E-state index is 0.327. The van der Waals surface area contributed by atoms with Gasteiger partial charge in [-0.3, -0.25) is 4.79 Å². The van der Waals surface area contributed by atoms with Gasteiger partial charge in [-0.2, -0.15) is 0 Å². The first kappa shape index (κ1) is 17.5. The third kappa shape index (κ3) is 6.16. The van der Waals surface area contributed by atoms with E-state index >= 15 is 0 Å². The van der Waals surface area contributed by atoms with Gasteiger partial charge in [-0.25, -0.2) is 4.79 Å². The highest BCUT2D eigenvalue weighted by atomic mass is 79.9. The van der Waals surface area contributed by atoms with Crippen LogP contribution in [-0.4, -0.2) is 23.6 Å². The van der Waals surface area contributed by atoms with Crippen LogP contribution in [0.25, 0.3) is 0 Å². The standard InChI is InChI=1S/C15H21BrN2O3/c1-9-7-11(16)6-5-10(9)8-12(13(17)19)18-14(20)21-15(2,3)4/h5-7,12H,8H2,1-4H3,(H2,17,19)(H,18,20)/t12-/m0/s1. The summed E-state index contributed by atoms with van der Waals surface area (Å²) in [6.45, 7) is 7.20. The van der Waals surface area contributed by atoms with Gasteiger partial charge < -0.3 is 15.8 Å². The molecule has 0 fully saturated rings. The van der Waals surface area contributed by atoms with Crippen LogP contribution in [0.5, 0.6) is 0 Å². The number of benzene rings is 1. The Bertz CT molecular complexity index is 538. The lowest BCUT2D eigenvalue weighted by Gasteiger charge is -2.22. The van der Waals surface area contributed by atoms with E-state index in [0.29, 0.717) is 6.42 Å². The average Bonchev–Trinajstić information content (AvgIpc) is 2.28. The molecule has 2 amide bonds. The van der Waals surface area contributed by atoms with Crippen LogP contribution in [0.4, 0.5) is 4.79 Å². The summed E-state index contributed by atoms with van der Waals surface area (Å²) in [6, 6.07) is 4.92. The summed E-state index contributed by atoms with van der Waals surface area (Å²) < 4.78 is 6.10. The van der Waals surface area contributed by atoms with E-state index in [1.54, 1.807) is 20.8 Å². The number of ether oxygens (including phenoxy) is 1. The van der Waals surface area contributed by atoms with Crippen LogP contribution < -0.4 is 11.1 Å². The molecule has 1 atom stereocenters. The molecule has 1 aromatic carbocycles. The Hall–Kier alpha value is -1.56. The van der Waals surface area contributed by atoms with Crippen molar-refractivity contribution in [3.05, 3.63) is 33.8 Å². The van der Waals surface area contributed by atoms with E-state index in [1.165, 1.54) is 0 Å². The monoisotopic (exact) mass is 356 g/mol.